The molecule has 1 aliphatic heterocycles. The quantitative estimate of drug-likeness (QED) is 0.361. The van der Waals surface area contributed by atoms with Crippen LogP contribution in [0.15, 0.2) is 48.5 Å². The average molecular weight is 512 g/mol. The summed E-state index contributed by atoms with van der Waals surface area (Å²) in [5.74, 6) is -0.282. The van der Waals surface area contributed by atoms with Crippen LogP contribution in [-0.4, -0.2) is 35.8 Å². The van der Waals surface area contributed by atoms with Crippen molar-refractivity contribution in [2.24, 2.45) is 5.41 Å². The molecule has 190 valence electrons. The zero-order chi connectivity index (χ0) is 25.9. The van der Waals surface area contributed by atoms with E-state index in [9.17, 15) is 14.3 Å². The normalized spacial score (nSPS) is 15.1. The lowest BCUT2D eigenvalue weighted by Gasteiger charge is -2.40. The molecule has 0 aliphatic carbocycles. The zero-order valence-electron chi connectivity index (χ0n) is 20.6. The van der Waals surface area contributed by atoms with Crippen molar-refractivity contribution in [1.29, 1.82) is 0 Å². The fourth-order valence-corrected chi connectivity index (χ4v) is 4.78. The van der Waals surface area contributed by atoms with E-state index in [4.69, 9.17) is 22.1 Å². The maximum Gasteiger partial charge on any atom is 0.308 e. The number of nitrogen functional groups attached to an aromatic ring is 1. The minimum atomic E-state index is -0.974. The molecule has 1 fully saturated rings. The lowest BCUT2D eigenvalue weighted by Crippen LogP contribution is -2.38. The summed E-state index contributed by atoms with van der Waals surface area (Å²) >= 11 is 6.43. The van der Waals surface area contributed by atoms with Crippen molar-refractivity contribution in [2.45, 2.75) is 39.5 Å². The van der Waals surface area contributed by atoms with Gasteiger partial charge in [-0.2, -0.15) is 0 Å². The number of ether oxygens (including phenoxy) is 1. The van der Waals surface area contributed by atoms with E-state index in [1.54, 1.807) is 12.1 Å². The number of aromatic nitrogens is 1. The number of carbonyl (C=O) groups is 1. The molecular weight excluding hydrogens is 481 g/mol. The highest BCUT2D eigenvalue weighted by atomic mass is 35.5. The number of piperidine rings is 1. The zero-order valence-corrected chi connectivity index (χ0v) is 21.3. The maximum absolute atomic E-state index is 13.1. The number of aliphatic carboxylic acids is 1. The highest BCUT2D eigenvalue weighted by Gasteiger charge is 2.30. The van der Waals surface area contributed by atoms with Gasteiger partial charge >= 0.3 is 5.97 Å². The molecule has 0 unspecified atom stereocenters. The predicted octanol–water partition coefficient (Wildman–Crippen LogP) is 6.00. The second-order valence-corrected chi connectivity index (χ2v) is 10.3. The van der Waals surface area contributed by atoms with Gasteiger partial charge in [0.1, 0.15) is 22.5 Å². The summed E-state index contributed by atoms with van der Waals surface area (Å²) in [4.78, 5) is 18.2. The number of hydrogen-bond donors (Lipinski definition) is 2. The van der Waals surface area contributed by atoms with Gasteiger partial charge in [0, 0.05) is 30.6 Å². The summed E-state index contributed by atoms with van der Waals surface area (Å²) in [5.41, 5.74) is 10.3. The Kier molecular flexibility index (Phi) is 7.69. The Bertz CT molecular complexity index is 1220. The summed E-state index contributed by atoms with van der Waals surface area (Å²) in [5, 5.41) is 9.70. The topological polar surface area (TPSA) is 88.7 Å². The monoisotopic (exact) mass is 511 g/mol. The van der Waals surface area contributed by atoms with E-state index >= 15 is 0 Å². The molecule has 1 saturated heterocycles. The van der Waals surface area contributed by atoms with Gasteiger partial charge in [0.2, 0.25) is 0 Å². The molecule has 6 nitrogen and oxygen atoms in total. The van der Waals surface area contributed by atoms with Crippen molar-refractivity contribution in [2.75, 3.05) is 30.3 Å². The number of carboxylic acids is 1. The Morgan fingerprint density at radius 2 is 1.78 bits per heavy atom. The third kappa shape index (κ3) is 6.08. The highest BCUT2D eigenvalue weighted by molar-refractivity contribution is 6.31. The van der Waals surface area contributed by atoms with Gasteiger partial charge in [-0.05, 0) is 53.6 Å². The van der Waals surface area contributed by atoms with Crippen LogP contribution in [0.1, 0.15) is 37.8 Å². The van der Waals surface area contributed by atoms with Crippen LogP contribution in [0.4, 0.5) is 15.9 Å². The van der Waals surface area contributed by atoms with Crippen LogP contribution in [0.3, 0.4) is 0 Å². The van der Waals surface area contributed by atoms with Gasteiger partial charge in [-0.25, -0.2) is 9.37 Å². The van der Waals surface area contributed by atoms with Gasteiger partial charge in [0.15, 0.2) is 0 Å². The number of pyridine rings is 1. The van der Waals surface area contributed by atoms with Crippen LogP contribution in [0.25, 0.3) is 11.1 Å². The predicted molar refractivity (Wildman–Crippen MR) is 141 cm³/mol. The molecule has 3 N–H and O–H groups in total. The standard InChI is InChI=1S/C28H31ClFN3O3/c1-28(2)12-14-33(15-13-28)25-22(17-23(34)35)26(29)32-27(31)24(25)19-5-9-21(10-6-19)36-16-11-18-3-7-20(30)8-4-18/h3-10H,11-17H2,1-2H3,(H2,31,32)(H,34,35). The van der Waals surface area contributed by atoms with E-state index in [0.29, 0.717) is 29.9 Å². The van der Waals surface area contributed by atoms with E-state index in [1.807, 2.05) is 24.3 Å². The SMILES string of the molecule is CC1(C)CCN(c2c(CC(=O)O)c(Cl)nc(N)c2-c2ccc(OCCc3ccc(F)cc3)cc2)CC1. The number of carboxylic acid groups (broad SMARTS) is 1. The highest BCUT2D eigenvalue weighted by Crippen LogP contribution is 2.43. The first-order valence-electron chi connectivity index (χ1n) is 12.1. The van der Waals surface area contributed by atoms with Gasteiger partial charge in [0.05, 0.1) is 18.7 Å². The summed E-state index contributed by atoms with van der Waals surface area (Å²) in [6.45, 7) is 6.49. The molecule has 1 aromatic heterocycles. The number of hydrogen-bond acceptors (Lipinski definition) is 5. The lowest BCUT2D eigenvalue weighted by molar-refractivity contribution is -0.136. The molecule has 0 atom stereocenters. The Labute approximate surface area is 215 Å². The van der Waals surface area contributed by atoms with E-state index in [-0.39, 0.29) is 28.6 Å². The summed E-state index contributed by atoms with van der Waals surface area (Å²) in [6.07, 6.45) is 2.36. The smallest absolute Gasteiger partial charge is 0.308 e. The van der Waals surface area contributed by atoms with Crippen molar-refractivity contribution in [3.63, 3.8) is 0 Å². The number of anilines is 2. The van der Waals surface area contributed by atoms with Gasteiger partial charge in [0.25, 0.3) is 0 Å². The first-order chi connectivity index (χ1) is 17.1. The lowest BCUT2D eigenvalue weighted by atomic mass is 9.82. The Hall–Kier alpha value is -3.32. The third-order valence-electron chi connectivity index (χ3n) is 6.72. The molecule has 4 rings (SSSR count). The van der Waals surface area contributed by atoms with E-state index < -0.39 is 5.97 Å². The largest absolute Gasteiger partial charge is 0.493 e. The third-order valence-corrected chi connectivity index (χ3v) is 7.04. The molecule has 2 aromatic carbocycles. The Morgan fingerprint density at radius 3 is 2.39 bits per heavy atom. The van der Waals surface area contributed by atoms with Crippen molar-refractivity contribution >= 4 is 29.1 Å². The van der Waals surface area contributed by atoms with Gasteiger partial charge in [-0.15, -0.1) is 0 Å². The molecule has 1 aliphatic rings. The molecule has 0 amide bonds. The van der Waals surface area contributed by atoms with Gasteiger partial charge in [-0.3, -0.25) is 4.79 Å². The molecule has 0 bridgehead atoms. The minimum absolute atomic E-state index is 0.124. The molecular formula is C28H31ClFN3O3. The number of rotatable bonds is 8. The first kappa shape index (κ1) is 25.8. The van der Waals surface area contributed by atoms with Crippen LogP contribution in [0.2, 0.25) is 5.15 Å². The molecule has 2 heterocycles. The average Bonchev–Trinajstić information content (AvgIpc) is 2.82. The van der Waals surface area contributed by atoms with Crippen LogP contribution in [0, 0.1) is 11.2 Å². The van der Waals surface area contributed by atoms with E-state index in [2.05, 4.69) is 23.7 Å². The van der Waals surface area contributed by atoms with Crippen LogP contribution < -0.4 is 15.4 Å². The van der Waals surface area contributed by atoms with E-state index in [1.165, 1.54) is 12.1 Å². The first-order valence-corrected chi connectivity index (χ1v) is 12.4. The number of halogens is 2. The van der Waals surface area contributed by atoms with Crippen molar-refractivity contribution in [3.05, 3.63) is 70.6 Å². The number of benzene rings is 2. The van der Waals surface area contributed by atoms with Crippen LogP contribution >= 0.6 is 11.6 Å². The van der Waals surface area contributed by atoms with Gasteiger partial charge in [-0.1, -0.05) is 49.7 Å². The van der Waals surface area contributed by atoms with Crippen LogP contribution in [-0.2, 0) is 17.6 Å². The molecule has 36 heavy (non-hydrogen) atoms. The summed E-state index contributed by atoms with van der Waals surface area (Å²) in [6, 6.07) is 13.9. The van der Waals surface area contributed by atoms with Crippen molar-refractivity contribution < 1.29 is 19.0 Å². The molecule has 0 spiro atoms. The second-order valence-electron chi connectivity index (χ2n) is 9.96. The number of nitrogens with two attached hydrogens (primary N) is 1. The van der Waals surface area contributed by atoms with Crippen molar-refractivity contribution in [3.8, 4) is 16.9 Å². The Balaban J connectivity index is 1.61. The molecule has 0 radical (unpaired) electrons. The second kappa shape index (κ2) is 10.7. The number of nitrogens with zero attached hydrogens (tertiary/aromatic N) is 2. The minimum Gasteiger partial charge on any atom is -0.493 e. The summed E-state index contributed by atoms with van der Waals surface area (Å²) < 4.78 is 19.0. The van der Waals surface area contributed by atoms with Crippen LogP contribution in [0.5, 0.6) is 5.75 Å². The van der Waals surface area contributed by atoms with E-state index in [0.717, 1.165) is 42.7 Å². The molecule has 0 saturated carbocycles. The molecule has 8 heteroatoms. The molecule has 3 aromatic rings. The fraction of sp³-hybridized carbons (Fsp3) is 0.357. The van der Waals surface area contributed by atoms with Crippen molar-refractivity contribution in [1.82, 2.24) is 4.98 Å². The van der Waals surface area contributed by atoms with Gasteiger partial charge < -0.3 is 20.5 Å². The Morgan fingerprint density at radius 1 is 1.14 bits per heavy atom. The fourth-order valence-electron chi connectivity index (χ4n) is 4.53. The summed E-state index contributed by atoms with van der Waals surface area (Å²) in [7, 11) is 0. The maximum atomic E-state index is 13.1.